The summed E-state index contributed by atoms with van der Waals surface area (Å²) in [5.74, 6) is 0.652. The molecule has 3 aromatic rings. The minimum atomic E-state index is -0.913. The van der Waals surface area contributed by atoms with Gasteiger partial charge in [-0.1, -0.05) is 43.5 Å². The van der Waals surface area contributed by atoms with Crippen molar-refractivity contribution in [1.82, 2.24) is 10.3 Å². The minimum absolute atomic E-state index is 0.0918. The zero-order valence-electron chi connectivity index (χ0n) is 20.1. The maximum Gasteiger partial charge on any atom is 0.277 e. The largest absolute Gasteiger partial charge is 0.497 e. The van der Waals surface area contributed by atoms with Crippen LogP contribution in [-0.4, -0.2) is 37.1 Å². The summed E-state index contributed by atoms with van der Waals surface area (Å²) in [5.41, 5.74) is 1.46. The first-order chi connectivity index (χ1) is 17.1. The SMILES string of the molecule is COc1ccc([C@H](C(=O)NC2CCCCC2)N(C(=O)c2ccccn2)c2cccc(OC)c2)cc1. The molecule has 1 fully saturated rings. The molecule has 35 heavy (non-hydrogen) atoms. The van der Waals surface area contributed by atoms with Crippen molar-refractivity contribution in [2.24, 2.45) is 0 Å². The van der Waals surface area contributed by atoms with Crippen LogP contribution in [0.4, 0.5) is 5.69 Å². The standard InChI is InChI=1S/C28H31N3O4/c1-34-23-16-14-20(15-17-23)26(27(32)30-21-9-4-3-5-10-21)31(22-11-8-12-24(19-22)35-2)28(33)25-13-6-7-18-29-25/h6-8,11-19,21,26H,3-5,9-10H2,1-2H3,(H,30,32)/t26-/m1/s1. The molecule has 1 aromatic heterocycles. The second-order valence-corrected chi connectivity index (χ2v) is 8.61. The number of pyridine rings is 1. The Labute approximate surface area is 206 Å². The summed E-state index contributed by atoms with van der Waals surface area (Å²) in [5, 5.41) is 3.22. The summed E-state index contributed by atoms with van der Waals surface area (Å²) < 4.78 is 10.7. The molecule has 1 saturated carbocycles. The number of nitrogens with zero attached hydrogens (tertiary/aromatic N) is 2. The van der Waals surface area contributed by atoms with Crippen LogP contribution >= 0.6 is 0 Å². The summed E-state index contributed by atoms with van der Waals surface area (Å²) in [6, 6.07) is 18.7. The van der Waals surface area contributed by atoms with Crippen molar-refractivity contribution in [2.45, 2.75) is 44.2 Å². The Hall–Kier alpha value is -3.87. The van der Waals surface area contributed by atoms with E-state index in [1.54, 1.807) is 75.0 Å². The number of ether oxygens (including phenoxy) is 2. The quantitative estimate of drug-likeness (QED) is 0.501. The number of aromatic nitrogens is 1. The second-order valence-electron chi connectivity index (χ2n) is 8.61. The molecule has 182 valence electrons. The number of amides is 2. The molecule has 1 heterocycles. The highest BCUT2D eigenvalue weighted by molar-refractivity contribution is 6.09. The Kier molecular flexibility index (Phi) is 7.98. The van der Waals surface area contributed by atoms with Crippen LogP contribution in [0, 0.1) is 0 Å². The molecule has 1 aliphatic carbocycles. The van der Waals surface area contributed by atoms with Crippen LogP contribution in [0.2, 0.25) is 0 Å². The van der Waals surface area contributed by atoms with Gasteiger partial charge in [0, 0.05) is 24.0 Å². The van der Waals surface area contributed by atoms with Gasteiger partial charge in [-0.3, -0.25) is 19.5 Å². The number of hydrogen-bond donors (Lipinski definition) is 1. The molecule has 0 aliphatic heterocycles. The molecule has 4 rings (SSSR count). The minimum Gasteiger partial charge on any atom is -0.497 e. The van der Waals surface area contributed by atoms with E-state index in [1.165, 1.54) is 11.3 Å². The summed E-state index contributed by atoms with van der Waals surface area (Å²) in [7, 11) is 3.16. The molecule has 0 radical (unpaired) electrons. The lowest BCUT2D eigenvalue weighted by Gasteiger charge is -2.33. The predicted octanol–water partition coefficient (Wildman–Crippen LogP) is 4.94. The first kappa shape index (κ1) is 24.3. The molecule has 2 amide bonds. The summed E-state index contributed by atoms with van der Waals surface area (Å²) in [4.78, 5) is 33.6. The third-order valence-corrected chi connectivity index (χ3v) is 6.32. The van der Waals surface area contributed by atoms with E-state index in [9.17, 15) is 9.59 Å². The van der Waals surface area contributed by atoms with Crippen LogP contribution in [0.5, 0.6) is 11.5 Å². The van der Waals surface area contributed by atoms with Gasteiger partial charge in [-0.2, -0.15) is 0 Å². The zero-order valence-corrected chi connectivity index (χ0v) is 20.1. The van der Waals surface area contributed by atoms with E-state index in [4.69, 9.17) is 9.47 Å². The third-order valence-electron chi connectivity index (χ3n) is 6.32. The summed E-state index contributed by atoms with van der Waals surface area (Å²) >= 11 is 0. The molecule has 2 aromatic carbocycles. The smallest absolute Gasteiger partial charge is 0.277 e. The number of carbonyl (C=O) groups excluding carboxylic acids is 2. The van der Waals surface area contributed by atoms with Gasteiger partial charge < -0.3 is 14.8 Å². The van der Waals surface area contributed by atoms with Crippen molar-refractivity contribution in [3.63, 3.8) is 0 Å². The Bertz CT molecular complexity index is 1130. The second kappa shape index (κ2) is 11.5. The van der Waals surface area contributed by atoms with E-state index in [2.05, 4.69) is 10.3 Å². The highest BCUT2D eigenvalue weighted by Gasteiger charge is 2.35. The lowest BCUT2D eigenvalue weighted by atomic mass is 9.94. The fraction of sp³-hybridized carbons (Fsp3) is 0.321. The van der Waals surface area contributed by atoms with Crippen LogP contribution in [0.3, 0.4) is 0 Å². The number of hydrogen-bond acceptors (Lipinski definition) is 5. The van der Waals surface area contributed by atoms with Crippen molar-refractivity contribution in [1.29, 1.82) is 0 Å². The molecule has 0 saturated heterocycles. The molecular weight excluding hydrogens is 442 g/mol. The fourth-order valence-corrected chi connectivity index (χ4v) is 4.49. The van der Waals surface area contributed by atoms with E-state index in [0.717, 1.165) is 25.7 Å². The maximum atomic E-state index is 13.9. The van der Waals surface area contributed by atoms with Gasteiger partial charge in [-0.05, 0) is 54.8 Å². The van der Waals surface area contributed by atoms with Crippen LogP contribution in [0.1, 0.15) is 54.2 Å². The monoisotopic (exact) mass is 473 g/mol. The average Bonchev–Trinajstić information content (AvgIpc) is 2.92. The fourth-order valence-electron chi connectivity index (χ4n) is 4.49. The van der Waals surface area contributed by atoms with Crippen molar-refractivity contribution < 1.29 is 19.1 Å². The van der Waals surface area contributed by atoms with E-state index in [1.807, 2.05) is 12.1 Å². The van der Waals surface area contributed by atoms with Crippen LogP contribution < -0.4 is 19.7 Å². The number of carbonyl (C=O) groups is 2. The van der Waals surface area contributed by atoms with Crippen LogP contribution in [-0.2, 0) is 4.79 Å². The number of benzene rings is 2. The van der Waals surface area contributed by atoms with Crippen molar-refractivity contribution in [3.8, 4) is 11.5 Å². The first-order valence-corrected chi connectivity index (χ1v) is 11.9. The Balaban J connectivity index is 1.81. The molecule has 1 atom stereocenters. The average molecular weight is 474 g/mol. The zero-order chi connectivity index (χ0) is 24.6. The van der Waals surface area contributed by atoms with Crippen molar-refractivity contribution >= 4 is 17.5 Å². The summed E-state index contributed by atoms with van der Waals surface area (Å²) in [6.07, 6.45) is 6.81. The topological polar surface area (TPSA) is 80.8 Å². The van der Waals surface area contributed by atoms with E-state index < -0.39 is 6.04 Å². The van der Waals surface area contributed by atoms with Gasteiger partial charge >= 0.3 is 0 Å². The van der Waals surface area contributed by atoms with Crippen LogP contribution in [0.25, 0.3) is 0 Å². The van der Waals surface area contributed by atoms with Gasteiger partial charge in [0.05, 0.1) is 14.2 Å². The van der Waals surface area contributed by atoms with Gasteiger partial charge in [0.2, 0.25) is 5.91 Å². The maximum absolute atomic E-state index is 13.9. The van der Waals surface area contributed by atoms with Crippen LogP contribution in [0.15, 0.2) is 72.9 Å². The number of anilines is 1. The first-order valence-electron chi connectivity index (χ1n) is 11.9. The highest BCUT2D eigenvalue weighted by Crippen LogP contribution is 2.33. The van der Waals surface area contributed by atoms with E-state index >= 15 is 0 Å². The molecule has 1 N–H and O–H groups in total. The molecule has 0 unspecified atom stereocenters. The molecule has 7 nitrogen and oxygen atoms in total. The Morgan fingerprint density at radius 2 is 1.66 bits per heavy atom. The Morgan fingerprint density at radius 1 is 0.914 bits per heavy atom. The number of methoxy groups -OCH3 is 2. The number of rotatable bonds is 8. The summed E-state index contributed by atoms with van der Waals surface area (Å²) in [6.45, 7) is 0. The lowest BCUT2D eigenvalue weighted by molar-refractivity contribution is -0.123. The molecule has 7 heteroatoms. The molecular formula is C28H31N3O4. The van der Waals surface area contributed by atoms with Crippen molar-refractivity contribution in [2.75, 3.05) is 19.1 Å². The predicted molar refractivity (Wildman–Crippen MR) is 135 cm³/mol. The normalized spacial score (nSPS) is 14.6. The third kappa shape index (κ3) is 5.80. The van der Waals surface area contributed by atoms with Gasteiger partial charge in [0.15, 0.2) is 0 Å². The molecule has 0 bridgehead atoms. The van der Waals surface area contributed by atoms with Gasteiger partial charge in [-0.25, -0.2) is 0 Å². The lowest BCUT2D eigenvalue weighted by Crippen LogP contribution is -2.47. The van der Waals surface area contributed by atoms with Gasteiger partial charge in [0.1, 0.15) is 23.2 Å². The van der Waals surface area contributed by atoms with Gasteiger partial charge in [-0.15, -0.1) is 0 Å². The van der Waals surface area contributed by atoms with Crippen molar-refractivity contribution in [3.05, 3.63) is 84.2 Å². The number of nitrogens with one attached hydrogen (secondary N) is 1. The molecule has 0 spiro atoms. The van der Waals surface area contributed by atoms with E-state index in [-0.39, 0.29) is 23.6 Å². The highest BCUT2D eigenvalue weighted by atomic mass is 16.5. The van der Waals surface area contributed by atoms with Gasteiger partial charge in [0.25, 0.3) is 5.91 Å². The Morgan fingerprint density at radius 3 is 2.31 bits per heavy atom. The molecule has 1 aliphatic rings. The van der Waals surface area contributed by atoms with E-state index in [0.29, 0.717) is 22.7 Å².